The molecule has 1 unspecified atom stereocenters. The molecule has 2 rings (SSSR count). The number of nitrogens with zero attached hydrogens (tertiary/aromatic N) is 1. The molecule has 1 atom stereocenters. The van der Waals surface area contributed by atoms with Crippen molar-refractivity contribution in [2.45, 2.75) is 26.1 Å². The van der Waals surface area contributed by atoms with Gasteiger partial charge in [-0.2, -0.15) is 0 Å². The molecular weight excluding hydrogens is 357 g/mol. The molecular formula is C19H27Cl2N3O. The lowest BCUT2D eigenvalue weighted by Gasteiger charge is -2.15. The second-order valence-corrected chi connectivity index (χ2v) is 5.76. The van der Waals surface area contributed by atoms with E-state index < -0.39 is 6.04 Å². The molecule has 0 fully saturated rings. The van der Waals surface area contributed by atoms with Crippen LogP contribution < -0.4 is 11.1 Å². The largest absolute Gasteiger partial charge is 0.350 e. The van der Waals surface area contributed by atoms with Crippen LogP contribution in [0.25, 0.3) is 0 Å². The van der Waals surface area contributed by atoms with Crippen LogP contribution >= 0.6 is 24.8 Å². The number of benzene rings is 2. The minimum atomic E-state index is -0.634. The Morgan fingerprint density at radius 1 is 1.08 bits per heavy atom. The fourth-order valence-corrected chi connectivity index (χ4v) is 2.37. The van der Waals surface area contributed by atoms with Crippen LogP contribution in [0.15, 0.2) is 54.6 Å². The van der Waals surface area contributed by atoms with Crippen molar-refractivity contribution in [2.24, 2.45) is 5.73 Å². The van der Waals surface area contributed by atoms with Gasteiger partial charge in [0.25, 0.3) is 0 Å². The normalized spacial score (nSPS) is 11.2. The van der Waals surface area contributed by atoms with Crippen molar-refractivity contribution in [2.75, 3.05) is 13.6 Å². The van der Waals surface area contributed by atoms with Gasteiger partial charge in [0.1, 0.15) is 6.04 Å². The van der Waals surface area contributed by atoms with Crippen molar-refractivity contribution in [3.05, 3.63) is 71.3 Å². The number of amides is 1. The molecule has 6 heteroatoms. The molecule has 0 heterocycles. The van der Waals surface area contributed by atoms with Gasteiger partial charge in [-0.25, -0.2) is 0 Å². The first-order chi connectivity index (χ1) is 11.1. The lowest BCUT2D eigenvalue weighted by molar-refractivity contribution is -0.122. The smallest absolute Gasteiger partial charge is 0.241 e. The summed E-state index contributed by atoms with van der Waals surface area (Å²) in [5, 5.41) is 2.91. The summed E-state index contributed by atoms with van der Waals surface area (Å²) in [6, 6.07) is 17.1. The molecule has 4 nitrogen and oxygen atoms in total. The first kappa shape index (κ1) is 23.4. The summed E-state index contributed by atoms with van der Waals surface area (Å²) >= 11 is 0. The molecule has 2 aromatic carbocycles. The Morgan fingerprint density at radius 3 is 2.36 bits per heavy atom. The summed E-state index contributed by atoms with van der Waals surface area (Å²) in [6.45, 7) is 4.53. The van der Waals surface area contributed by atoms with E-state index in [0.717, 1.165) is 24.2 Å². The van der Waals surface area contributed by atoms with Crippen LogP contribution in [-0.2, 0) is 17.9 Å². The Bertz CT molecular complexity index is 638. The van der Waals surface area contributed by atoms with Crippen LogP contribution in [0.4, 0.5) is 0 Å². The summed E-state index contributed by atoms with van der Waals surface area (Å²) in [6.07, 6.45) is 0. The molecule has 0 saturated heterocycles. The zero-order valence-electron chi connectivity index (χ0n) is 14.6. The third-order valence-corrected chi connectivity index (χ3v) is 3.89. The van der Waals surface area contributed by atoms with E-state index in [0.29, 0.717) is 6.54 Å². The SMILES string of the molecule is CCN(C)Cc1cccc(CNC(=O)C(N)c2ccccc2)c1.Cl.Cl. The fourth-order valence-electron chi connectivity index (χ4n) is 2.37. The molecule has 0 radical (unpaired) electrons. The second kappa shape index (κ2) is 11.9. The number of nitrogens with two attached hydrogens (primary N) is 1. The minimum absolute atomic E-state index is 0. The van der Waals surface area contributed by atoms with Gasteiger partial charge in [0.2, 0.25) is 5.91 Å². The van der Waals surface area contributed by atoms with Crippen molar-refractivity contribution >= 4 is 30.7 Å². The molecule has 0 saturated carbocycles. The highest BCUT2D eigenvalue weighted by Crippen LogP contribution is 2.11. The van der Waals surface area contributed by atoms with E-state index in [9.17, 15) is 4.79 Å². The fraction of sp³-hybridized carbons (Fsp3) is 0.316. The highest BCUT2D eigenvalue weighted by Gasteiger charge is 2.14. The molecule has 0 aliphatic carbocycles. The van der Waals surface area contributed by atoms with Gasteiger partial charge < -0.3 is 16.0 Å². The van der Waals surface area contributed by atoms with Gasteiger partial charge in [0, 0.05) is 13.1 Å². The van der Waals surface area contributed by atoms with E-state index >= 15 is 0 Å². The molecule has 138 valence electrons. The Kier molecular flexibility index (Phi) is 11.1. The van der Waals surface area contributed by atoms with E-state index in [1.165, 1.54) is 5.56 Å². The molecule has 2 aromatic rings. The molecule has 1 amide bonds. The number of carbonyl (C=O) groups is 1. The van der Waals surface area contributed by atoms with Gasteiger partial charge in [-0.15, -0.1) is 24.8 Å². The van der Waals surface area contributed by atoms with Gasteiger partial charge in [-0.05, 0) is 30.3 Å². The predicted molar refractivity (Wildman–Crippen MR) is 108 cm³/mol. The van der Waals surface area contributed by atoms with Crippen LogP contribution in [0.2, 0.25) is 0 Å². The zero-order chi connectivity index (χ0) is 16.7. The van der Waals surface area contributed by atoms with Crippen molar-refractivity contribution in [1.29, 1.82) is 0 Å². The first-order valence-electron chi connectivity index (χ1n) is 7.94. The van der Waals surface area contributed by atoms with E-state index in [4.69, 9.17) is 5.73 Å². The maximum absolute atomic E-state index is 12.2. The maximum Gasteiger partial charge on any atom is 0.241 e. The third kappa shape index (κ3) is 7.45. The average Bonchev–Trinajstić information content (AvgIpc) is 2.60. The highest BCUT2D eigenvalue weighted by molar-refractivity contribution is 5.85. The maximum atomic E-state index is 12.2. The molecule has 3 N–H and O–H groups in total. The Labute approximate surface area is 162 Å². The summed E-state index contributed by atoms with van der Waals surface area (Å²) in [7, 11) is 2.09. The number of carbonyl (C=O) groups excluding carboxylic acids is 1. The van der Waals surface area contributed by atoms with E-state index in [2.05, 4.69) is 36.3 Å². The average molecular weight is 384 g/mol. The summed E-state index contributed by atoms with van der Waals surface area (Å²) < 4.78 is 0. The van der Waals surface area contributed by atoms with E-state index in [-0.39, 0.29) is 30.7 Å². The van der Waals surface area contributed by atoms with Gasteiger partial charge >= 0.3 is 0 Å². The number of halogens is 2. The quantitative estimate of drug-likeness (QED) is 0.770. The van der Waals surface area contributed by atoms with Gasteiger partial charge in [-0.1, -0.05) is 61.5 Å². The Morgan fingerprint density at radius 2 is 1.72 bits per heavy atom. The predicted octanol–water partition coefficient (Wildman–Crippen LogP) is 3.30. The second-order valence-electron chi connectivity index (χ2n) is 5.76. The number of hydrogen-bond acceptors (Lipinski definition) is 3. The molecule has 25 heavy (non-hydrogen) atoms. The van der Waals surface area contributed by atoms with Crippen molar-refractivity contribution in [3.8, 4) is 0 Å². The van der Waals surface area contributed by atoms with Crippen molar-refractivity contribution < 1.29 is 4.79 Å². The molecule has 0 aliphatic rings. The molecule has 0 aromatic heterocycles. The third-order valence-electron chi connectivity index (χ3n) is 3.89. The topological polar surface area (TPSA) is 58.4 Å². The summed E-state index contributed by atoms with van der Waals surface area (Å²) in [5.41, 5.74) is 9.15. The Balaban J connectivity index is 0.00000288. The lowest BCUT2D eigenvalue weighted by atomic mass is 10.1. The van der Waals surface area contributed by atoms with Crippen molar-refractivity contribution in [1.82, 2.24) is 10.2 Å². The molecule has 0 spiro atoms. The number of rotatable bonds is 7. The van der Waals surface area contributed by atoms with Crippen LogP contribution in [0.1, 0.15) is 29.7 Å². The van der Waals surface area contributed by atoms with Gasteiger partial charge in [0.15, 0.2) is 0 Å². The monoisotopic (exact) mass is 383 g/mol. The van der Waals surface area contributed by atoms with Crippen LogP contribution in [0, 0.1) is 0 Å². The minimum Gasteiger partial charge on any atom is -0.350 e. The van der Waals surface area contributed by atoms with Gasteiger partial charge in [-0.3, -0.25) is 4.79 Å². The van der Waals surface area contributed by atoms with Crippen LogP contribution in [-0.4, -0.2) is 24.4 Å². The van der Waals surface area contributed by atoms with Crippen LogP contribution in [0.3, 0.4) is 0 Å². The molecule has 0 bridgehead atoms. The first-order valence-corrected chi connectivity index (χ1v) is 7.94. The summed E-state index contributed by atoms with van der Waals surface area (Å²) in [5.74, 6) is -0.160. The zero-order valence-corrected chi connectivity index (χ0v) is 16.3. The standard InChI is InChI=1S/C19H25N3O.2ClH/c1-3-22(2)14-16-9-7-8-15(12-16)13-21-19(23)18(20)17-10-5-4-6-11-17;;/h4-12,18H,3,13-14,20H2,1-2H3,(H,21,23);2*1H. The Hall–Kier alpha value is -1.59. The number of hydrogen-bond donors (Lipinski definition) is 2. The van der Waals surface area contributed by atoms with Crippen LogP contribution in [0.5, 0.6) is 0 Å². The van der Waals surface area contributed by atoms with Crippen molar-refractivity contribution in [3.63, 3.8) is 0 Å². The van der Waals surface area contributed by atoms with E-state index in [1.807, 2.05) is 42.5 Å². The lowest BCUT2D eigenvalue weighted by Crippen LogP contribution is -2.33. The van der Waals surface area contributed by atoms with E-state index in [1.54, 1.807) is 0 Å². The highest BCUT2D eigenvalue weighted by atomic mass is 35.5. The number of nitrogens with one attached hydrogen (secondary N) is 1. The van der Waals surface area contributed by atoms with Gasteiger partial charge in [0.05, 0.1) is 0 Å². The summed E-state index contributed by atoms with van der Waals surface area (Å²) in [4.78, 5) is 14.4. The molecule has 0 aliphatic heterocycles.